The van der Waals surface area contributed by atoms with Gasteiger partial charge in [-0.15, -0.1) is 0 Å². The molecule has 0 spiro atoms. The molecule has 0 aliphatic heterocycles. The summed E-state index contributed by atoms with van der Waals surface area (Å²) in [5.41, 5.74) is 4.69. The zero-order chi connectivity index (χ0) is 14.5. The molecular weight excluding hydrogens is 250 g/mol. The Labute approximate surface area is 120 Å². The lowest BCUT2D eigenvalue weighted by Crippen LogP contribution is -2.02. The van der Waals surface area contributed by atoms with Crippen LogP contribution in [0.15, 0.2) is 36.4 Å². The van der Waals surface area contributed by atoms with Gasteiger partial charge < -0.3 is 14.8 Å². The number of rotatable bonds is 5. The number of benzene rings is 2. The zero-order valence-corrected chi connectivity index (χ0v) is 12.5. The molecule has 2 aromatic carbocycles. The van der Waals surface area contributed by atoms with Crippen LogP contribution in [0.3, 0.4) is 0 Å². The van der Waals surface area contributed by atoms with Crippen LogP contribution >= 0.6 is 0 Å². The molecule has 0 aliphatic rings. The van der Waals surface area contributed by atoms with Crippen molar-refractivity contribution < 1.29 is 9.47 Å². The van der Waals surface area contributed by atoms with Gasteiger partial charge in [0.05, 0.1) is 14.2 Å². The number of nitrogens with one attached hydrogen (secondary N) is 1. The second-order valence-corrected chi connectivity index (χ2v) is 4.84. The summed E-state index contributed by atoms with van der Waals surface area (Å²) in [7, 11) is 3.38. The van der Waals surface area contributed by atoms with E-state index in [4.69, 9.17) is 9.47 Å². The second kappa shape index (κ2) is 6.33. The van der Waals surface area contributed by atoms with E-state index in [1.165, 1.54) is 11.1 Å². The predicted molar refractivity (Wildman–Crippen MR) is 82.8 cm³/mol. The van der Waals surface area contributed by atoms with Crippen molar-refractivity contribution in [2.45, 2.75) is 20.4 Å². The van der Waals surface area contributed by atoms with Gasteiger partial charge in [0.2, 0.25) is 0 Å². The Hall–Kier alpha value is -2.16. The molecule has 0 unspecified atom stereocenters. The van der Waals surface area contributed by atoms with E-state index in [0.717, 1.165) is 29.3 Å². The minimum absolute atomic E-state index is 0.790. The van der Waals surface area contributed by atoms with E-state index in [-0.39, 0.29) is 0 Å². The molecule has 20 heavy (non-hydrogen) atoms. The molecule has 0 radical (unpaired) electrons. The Bertz CT molecular complexity index is 594. The Morgan fingerprint density at radius 1 is 0.900 bits per heavy atom. The van der Waals surface area contributed by atoms with Crippen LogP contribution in [0.25, 0.3) is 0 Å². The summed E-state index contributed by atoms with van der Waals surface area (Å²) in [5.74, 6) is 1.81. The lowest BCUT2D eigenvalue weighted by molar-refractivity contribution is 0.411. The molecule has 0 saturated carbocycles. The molecule has 0 aromatic heterocycles. The van der Waals surface area contributed by atoms with E-state index in [1.54, 1.807) is 14.2 Å². The van der Waals surface area contributed by atoms with Crippen LogP contribution < -0.4 is 14.8 Å². The van der Waals surface area contributed by atoms with Crippen molar-refractivity contribution in [3.8, 4) is 11.5 Å². The summed E-state index contributed by atoms with van der Waals surface area (Å²) in [6.07, 6.45) is 0. The van der Waals surface area contributed by atoms with Crippen LogP contribution in [-0.2, 0) is 6.54 Å². The highest BCUT2D eigenvalue weighted by Gasteiger charge is 2.02. The van der Waals surface area contributed by atoms with Crippen molar-refractivity contribution in [2.24, 2.45) is 0 Å². The number of methoxy groups -OCH3 is 2. The first-order valence-corrected chi connectivity index (χ1v) is 6.66. The Morgan fingerprint density at radius 3 is 2.30 bits per heavy atom. The number of anilines is 1. The third-order valence-corrected chi connectivity index (χ3v) is 3.38. The van der Waals surface area contributed by atoms with Gasteiger partial charge in [-0.05, 0) is 54.8 Å². The standard InChI is InChI=1S/C17H21NO2/c1-12-10-15(19-3)6-7-16(12)18-11-14-5-8-17(20-4)13(2)9-14/h5-10,18H,11H2,1-4H3. The molecule has 0 amide bonds. The average Bonchev–Trinajstić information content (AvgIpc) is 2.46. The third-order valence-electron chi connectivity index (χ3n) is 3.38. The maximum Gasteiger partial charge on any atom is 0.121 e. The van der Waals surface area contributed by atoms with Gasteiger partial charge in [0.1, 0.15) is 11.5 Å². The van der Waals surface area contributed by atoms with Crippen molar-refractivity contribution in [1.29, 1.82) is 0 Å². The van der Waals surface area contributed by atoms with Crippen LogP contribution in [-0.4, -0.2) is 14.2 Å². The molecule has 2 rings (SSSR count). The van der Waals surface area contributed by atoms with Crippen molar-refractivity contribution >= 4 is 5.69 Å². The van der Waals surface area contributed by atoms with Crippen molar-refractivity contribution in [3.63, 3.8) is 0 Å². The number of hydrogen-bond donors (Lipinski definition) is 1. The van der Waals surface area contributed by atoms with Gasteiger partial charge in [-0.2, -0.15) is 0 Å². The quantitative estimate of drug-likeness (QED) is 0.893. The fourth-order valence-corrected chi connectivity index (χ4v) is 2.21. The molecule has 2 aromatic rings. The van der Waals surface area contributed by atoms with E-state index in [2.05, 4.69) is 31.3 Å². The van der Waals surface area contributed by atoms with Crippen LogP contribution in [0.1, 0.15) is 16.7 Å². The van der Waals surface area contributed by atoms with Gasteiger partial charge in [0.15, 0.2) is 0 Å². The summed E-state index contributed by atoms with van der Waals surface area (Å²) in [5, 5.41) is 3.45. The highest BCUT2D eigenvalue weighted by molar-refractivity contribution is 5.54. The molecule has 0 heterocycles. The lowest BCUT2D eigenvalue weighted by atomic mass is 10.1. The van der Waals surface area contributed by atoms with Gasteiger partial charge in [0.25, 0.3) is 0 Å². The largest absolute Gasteiger partial charge is 0.497 e. The second-order valence-electron chi connectivity index (χ2n) is 4.84. The highest BCUT2D eigenvalue weighted by Crippen LogP contribution is 2.23. The van der Waals surface area contributed by atoms with E-state index >= 15 is 0 Å². The third kappa shape index (κ3) is 3.23. The fourth-order valence-electron chi connectivity index (χ4n) is 2.21. The van der Waals surface area contributed by atoms with E-state index < -0.39 is 0 Å². The first-order valence-electron chi connectivity index (χ1n) is 6.66. The number of ether oxygens (including phenoxy) is 2. The molecule has 0 aliphatic carbocycles. The van der Waals surface area contributed by atoms with E-state index in [1.807, 2.05) is 24.3 Å². The maximum atomic E-state index is 5.27. The number of aryl methyl sites for hydroxylation is 2. The smallest absolute Gasteiger partial charge is 0.121 e. The average molecular weight is 271 g/mol. The summed E-state index contributed by atoms with van der Waals surface area (Å²) >= 11 is 0. The molecular formula is C17H21NO2. The molecule has 106 valence electrons. The van der Waals surface area contributed by atoms with Crippen molar-refractivity contribution in [1.82, 2.24) is 0 Å². The Kier molecular flexibility index (Phi) is 4.51. The first-order chi connectivity index (χ1) is 9.63. The normalized spacial score (nSPS) is 10.2. The summed E-state index contributed by atoms with van der Waals surface area (Å²) in [4.78, 5) is 0. The van der Waals surface area contributed by atoms with Gasteiger partial charge in [-0.3, -0.25) is 0 Å². The van der Waals surface area contributed by atoms with Gasteiger partial charge >= 0.3 is 0 Å². The maximum absolute atomic E-state index is 5.27. The molecule has 1 N–H and O–H groups in total. The van der Waals surface area contributed by atoms with Crippen LogP contribution in [0.4, 0.5) is 5.69 Å². The van der Waals surface area contributed by atoms with Crippen LogP contribution in [0.2, 0.25) is 0 Å². The number of hydrogen-bond acceptors (Lipinski definition) is 3. The predicted octanol–water partition coefficient (Wildman–Crippen LogP) is 3.93. The Morgan fingerprint density at radius 2 is 1.70 bits per heavy atom. The van der Waals surface area contributed by atoms with Crippen molar-refractivity contribution in [2.75, 3.05) is 19.5 Å². The topological polar surface area (TPSA) is 30.5 Å². The SMILES string of the molecule is COc1ccc(NCc2ccc(OC)c(C)c2)c(C)c1. The molecule has 0 atom stereocenters. The highest BCUT2D eigenvalue weighted by atomic mass is 16.5. The monoisotopic (exact) mass is 271 g/mol. The van der Waals surface area contributed by atoms with E-state index in [9.17, 15) is 0 Å². The first kappa shape index (κ1) is 14.3. The zero-order valence-electron chi connectivity index (χ0n) is 12.5. The van der Waals surface area contributed by atoms with E-state index in [0.29, 0.717) is 0 Å². The summed E-state index contributed by atoms with van der Waals surface area (Å²) in [6.45, 7) is 4.92. The van der Waals surface area contributed by atoms with Crippen molar-refractivity contribution in [3.05, 3.63) is 53.1 Å². The fraction of sp³-hybridized carbons (Fsp3) is 0.294. The molecule has 3 nitrogen and oxygen atoms in total. The van der Waals surface area contributed by atoms with Gasteiger partial charge in [-0.1, -0.05) is 12.1 Å². The molecule has 3 heteroatoms. The van der Waals surface area contributed by atoms with Crippen LogP contribution in [0.5, 0.6) is 11.5 Å². The lowest BCUT2D eigenvalue weighted by Gasteiger charge is -2.12. The summed E-state index contributed by atoms with van der Waals surface area (Å²) < 4.78 is 10.5. The molecule has 0 fully saturated rings. The summed E-state index contributed by atoms with van der Waals surface area (Å²) in [6, 6.07) is 12.3. The minimum atomic E-state index is 0.790. The van der Waals surface area contributed by atoms with Crippen LogP contribution in [0, 0.1) is 13.8 Å². The molecule has 0 bridgehead atoms. The van der Waals surface area contributed by atoms with Gasteiger partial charge in [-0.25, -0.2) is 0 Å². The minimum Gasteiger partial charge on any atom is -0.497 e. The molecule has 0 saturated heterocycles. The Balaban J connectivity index is 2.07. The van der Waals surface area contributed by atoms with Gasteiger partial charge in [0, 0.05) is 12.2 Å².